The number of hydrogen-bond acceptors (Lipinski definition) is 5. The number of hydrogen-bond donors (Lipinski definition) is 1. The number of nitrogens with one attached hydrogen (secondary N) is 1. The van der Waals surface area contributed by atoms with Crippen molar-refractivity contribution in [1.29, 1.82) is 0 Å². The van der Waals surface area contributed by atoms with Gasteiger partial charge in [-0.1, -0.05) is 11.6 Å². The number of halogens is 1. The minimum absolute atomic E-state index is 0.286. The Morgan fingerprint density at radius 1 is 1.30 bits per heavy atom. The first kappa shape index (κ1) is 18.3. The van der Waals surface area contributed by atoms with E-state index in [4.69, 9.17) is 21.1 Å². The average Bonchev–Trinajstić information content (AvgIpc) is 2.55. The Kier molecular flexibility index (Phi) is 6.96. The molecule has 1 aromatic rings. The lowest BCUT2D eigenvalue weighted by molar-refractivity contribution is 0.144. The van der Waals surface area contributed by atoms with Crippen LogP contribution in [0.15, 0.2) is 12.1 Å². The molecule has 1 aliphatic rings. The summed E-state index contributed by atoms with van der Waals surface area (Å²) in [6, 6.07) is 4.37. The molecule has 0 saturated carbocycles. The van der Waals surface area contributed by atoms with Crippen LogP contribution in [0.3, 0.4) is 0 Å². The Balaban J connectivity index is 2.35. The Hall–Kier alpha value is -1.01. The smallest absolute Gasteiger partial charge is 0.179 e. The molecule has 0 amide bonds. The van der Waals surface area contributed by atoms with Crippen LogP contribution in [0.2, 0.25) is 5.02 Å². The van der Waals surface area contributed by atoms with E-state index in [1.807, 2.05) is 13.0 Å². The van der Waals surface area contributed by atoms with Crippen molar-refractivity contribution in [2.24, 2.45) is 0 Å². The summed E-state index contributed by atoms with van der Waals surface area (Å²) in [6.45, 7) is 7.55. The quantitative estimate of drug-likeness (QED) is 0.823. The largest absolute Gasteiger partial charge is 0.493 e. The fourth-order valence-corrected chi connectivity index (χ4v) is 3.26. The predicted molar refractivity (Wildman–Crippen MR) is 94.9 cm³/mol. The van der Waals surface area contributed by atoms with Gasteiger partial charge in [0, 0.05) is 38.8 Å². The molecule has 0 radical (unpaired) electrons. The molecule has 1 aromatic carbocycles. The number of nitrogens with zero attached hydrogens (tertiary/aromatic N) is 2. The van der Waals surface area contributed by atoms with Gasteiger partial charge in [0.15, 0.2) is 11.5 Å². The monoisotopic (exact) mass is 341 g/mol. The minimum Gasteiger partial charge on any atom is -0.493 e. The number of ether oxygens (including phenoxy) is 2. The van der Waals surface area contributed by atoms with Crippen molar-refractivity contribution in [3.05, 3.63) is 22.7 Å². The Morgan fingerprint density at radius 3 is 2.57 bits per heavy atom. The molecule has 0 aromatic heterocycles. The highest BCUT2D eigenvalue weighted by molar-refractivity contribution is 6.32. The second kappa shape index (κ2) is 8.73. The number of methoxy groups -OCH3 is 1. The van der Waals surface area contributed by atoms with Gasteiger partial charge in [0.1, 0.15) is 0 Å². The molecule has 1 fully saturated rings. The van der Waals surface area contributed by atoms with Crippen LogP contribution in [0.5, 0.6) is 11.5 Å². The summed E-state index contributed by atoms with van der Waals surface area (Å²) in [7, 11) is 5.86. The van der Waals surface area contributed by atoms with E-state index in [1.54, 1.807) is 7.11 Å². The van der Waals surface area contributed by atoms with E-state index < -0.39 is 0 Å². The van der Waals surface area contributed by atoms with Crippen molar-refractivity contribution in [2.45, 2.75) is 13.0 Å². The maximum atomic E-state index is 6.46. The SMILES string of the molecule is CCOc1c(Cl)cc(C(CN(C)C)N2CCNCC2)cc1OC. The van der Waals surface area contributed by atoms with Crippen molar-refractivity contribution >= 4 is 11.6 Å². The summed E-state index contributed by atoms with van der Waals surface area (Å²) in [5.74, 6) is 1.33. The molecule has 6 heteroatoms. The molecule has 1 N–H and O–H groups in total. The van der Waals surface area contributed by atoms with E-state index >= 15 is 0 Å². The first-order valence-corrected chi connectivity index (χ1v) is 8.54. The molecular formula is C17H28ClN3O2. The lowest BCUT2D eigenvalue weighted by atomic mass is 10.0. The fraction of sp³-hybridized carbons (Fsp3) is 0.647. The van der Waals surface area contributed by atoms with Crippen LogP contribution in [-0.4, -0.2) is 70.3 Å². The van der Waals surface area contributed by atoms with Crippen LogP contribution >= 0.6 is 11.6 Å². The maximum absolute atomic E-state index is 6.46. The van der Waals surface area contributed by atoms with Crippen molar-refractivity contribution < 1.29 is 9.47 Å². The van der Waals surface area contributed by atoms with Crippen molar-refractivity contribution in [2.75, 3.05) is 60.5 Å². The Labute approximate surface area is 144 Å². The molecule has 0 spiro atoms. The molecule has 130 valence electrons. The van der Waals surface area contributed by atoms with E-state index in [0.29, 0.717) is 23.1 Å². The highest BCUT2D eigenvalue weighted by Crippen LogP contribution is 2.39. The lowest BCUT2D eigenvalue weighted by Crippen LogP contribution is -2.47. The van der Waals surface area contributed by atoms with Crippen LogP contribution in [0.4, 0.5) is 0 Å². The molecule has 1 atom stereocenters. The predicted octanol–water partition coefficient (Wildman–Crippen LogP) is 2.26. The van der Waals surface area contributed by atoms with Crippen LogP contribution in [-0.2, 0) is 0 Å². The number of likely N-dealkylation sites (N-methyl/N-ethyl adjacent to an activating group) is 1. The van der Waals surface area contributed by atoms with Crippen LogP contribution < -0.4 is 14.8 Å². The van der Waals surface area contributed by atoms with Gasteiger partial charge in [0.2, 0.25) is 0 Å². The first-order valence-electron chi connectivity index (χ1n) is 8.16. The maximum Gasteiger partial charge on any atom is 0.179 e. The molecule has 0 aliphatic carbocycles. The van der Waals surface area contributed by atoms with Crippen molar-refractivity contribution in [1.82, 2.24) is 15.1 Å². The zero-order valence-corrected chi connectivity index (χ0v) is 15.3. The molecule has 2 rings (SSSR count). The molecule has 1 unspecified atom stereocenters. The van der Waals surface area contributed by atoms with Gasteiger partial charge in [-0.05, 0) is 38.7 Å². The second-order valence-corrected chi connectivity index (χ2v) is 6.44. The molecule has 23 heavy (non-hydrogen) atoms. The average molecular weight is 342 g/mol. The van der Waals surface area contributed by atoms with E-state index in [-0.39, 0.29) is 6.04 Å². The van der Waals surface area contributed by atoms with Gasteiger partial charge >= 0.3 is 0 Å². The summed E-state index contributed by atoms with van der Waals surface area (Å²) in [5.41, 5.74) is 1.17. The zero-order chi connectivity index (χ0) is 16.8. The van der Waals surface area contributed by atoms with Crippen LogP contribution in [0, 0.1) is 0 Å². The van der Waals surface area contributed by atoms with E-state index in [1.165, 1.54) is 5.56 Å². The van der Waals surface area contributed by atoms with Gasteiger partial charge in [0.25, 0.3) is 0 Å². The third-order valence-corrected chi connectivity index (χ3v) is 4.34. The molecule has 5 nitrogen and oxygen atoms in total. The molecule has 1 heterocycles. The molecular weight excluding hydrogens is 314 g/mol. The van der Waals surface area contributed by atoms with Crippen molar-refractivity contribution in [3.8, 4) is 11.5 Å². The van der Waals surface area contributed by atoms with Gasteiger partial charge in [-0.15, -0.1) is 0 Å². The third-order valence-electron chi connectivity index (χ3n) is 4.06. The highest BCUT2D eigenvalue weighted by Gasteiger charge is 2.25. The Bertz CT molecular complexity index is 505. The fourth-order valence-electron chi connectivity index (χ4n) is 2.99. The topological polar surface area (TPSA) is 37.0 Å². The van der Waals surface area contributed by atoms with Crippen LogP contribution in [0.25, 0.3) is 0 Å². The summed E-state index contributed by atoms with van der Waals surface area (Å²) in [5, 5.41) is 4.02. The summed E-state index contributed by atoms with van der Waals surface area (Å²) >= 11 is 6.46. The van der Waals surface area contributed by atoms with Gasteiger partial charge in [-0.25, -0.2) is 0 Å². The summed E-state index contributed by atoms with van der Waals surface area (Å²) < 4.78 is 11.1. The normalized spacial score (nSPS) is 17.3. The van der Waals surface area contributed by atoms with Gasteiger partial charge in [0.05, 0.1) is 18.7 Å². The third kappa shape index (κ3) is 4.73. The standard InChI is InChI=1S/C17H28ClN3O2/c1-5-23-17-14(18)10-13(11-16(17)22-4)15(12-20(2)3)21-8-6-19-7-9-21/h10-11,15,19H,5-9,12H2,1-4H3. The molecule has 0 bridgehead atoms. The summed E-state index contributed by atoms with van der Waals surface area (Å²) in [4.78, 5) is 4.71. The Morgan fingerprint density at radius 2 is 2.00 bits per heavy atom. The number of piperazine rings is 1. The summed E-state index contributed by atoms with van der Waals surface area (Å²) in [6.07, 6.45) is 0. The van der Waals surface area contributed by atoms with E-state index in [0.717, 1.165) is 32.7 Å². The van der Waals surface area contributed by atoms with Gasteiger partial charge in [-0.2, -0.15) is 0 Å². The number of benzene rings is 1. The van der Waals surface area contributed by atoms with Gasteiger partial charge < -0.3 is 19.7 Å². The molecule has 1 aliphatic heterocycles. The first-order chi connectivity index (χ1) is 11.1. The van der Waals surface area contributed by atoms with E-state index in [2.05, 4.69) is 35.3 Å². The second-order valence-electron chi connectivity index (χ2n) is 6.03. The van der Waals surface area contributed by atoms with Crippen LogP contribution in [0.1, 0.15) is 18.5 Å². The van der Waals surface area contributed by atoms with E-state index in [9.17, 15) is 0 Å². The zero-order valence-electron chi connectivity index (χ0n) is 14.6. The minimum atomic E-state index is 0.286. The van der Waals surface area contributed by atoms with Crippen molar-refractivity contribution in [3.63, 3.8) is 0 Å². The highest BCUT2D eigenvalue weighted by atomic mass is 35.5. The lowest BCUT2D eigenvalue weighted by Gasteiger charge is -2.37. The molecule has 1 saturated heterocycles. The van der Waals surface area contributed by atoms with Gasteiger partial charge in [-0.3, -0.25) is 4.90 Å². The number of rotatable bonds is 7.